The monoisotopic (exact) mass is 464 g/mol. The lowest BCUT2D eigenvalue weighted by atomic mass is 9.83. The molecule has 3 N–H and O–H groups in total. The molecule has 2 fully saturated rings. The zero-order valence-corrected chi connectivity index (χ0v) is 19.7. The Labute approximate surface area is 204 Å². The molecule has 1 saturated heterocycles. The van der Waals surface area contributed by atoms with E-state index in [4.69, 9.17) is 15.7 Å². The molecule has 0 bridgehead atoms. The number of phenols is 1. The Hall–Kier alpha value is -3.93. The number of nitrogens with two attached hydrogens (primary N) is 1. The average Bonchev–Trinajstić information content (AvgIpc) is 3.45. The zero-order valence-electron chi connectivity index (χ0n) is 19.7. The number of anilines is 1. The van der Waals surface area contributed by atoms with E-state index in [1.165, 1.54) is 5.56 Å². The lowest BCUT2D eigenvalue weighted by molar-refractivity contribution is -0.125. The lowest BCUT2D eigenvalue weighted by Crippen LogP contribution is -2.35. The van der Waals surface area contributed by atoms with Gasteiger partial charge in [-0.05, 0) is 67.0 Å². The molecular weight excluding hydrogens is 436 g/mol. The minimum absolute atomic E-state index is 0.154. The maximum absolute atomic E-state index is 12.8. The number of carbonyl (C=O) groups excluding carboxylic acids is 1. The van der Waals surface area contributed by atoms with E-state index in [0.717, 1.165) is 41.7 Å². The highest BCUT2D eigenvalue weighted by atomic mass is 16.3. The fourth-order valence-electron chi connectivity index (χ4n) is 5.92. The van der Waals surface area contributed by atoms with Crippen molar-refractivity contribution in [2.24, 2.45) is 17.1 Å². The van der Waals surface area contributed by atoms with Gasteiger partial charge in [0.25, 0.3) is 0 Å². The third-order valence-electron chi connectivity index (χ3n) is 7.86. The second-order valence-corrected chi connectivity index (χ2v) is 9.91. The van der Waals surface area contributed by atoms with Crippen LogP contribution in [0.25, 0.3) is 22.3 Å². The maximum Gasteiger partial charge on any atom is 0.224 e. The van der Waals surface area contributed by atoms with E-state index in [-0.39, 0.29) is 23.5 Å². The third-order valence-corrected chi connectivity index (χ3v) is 7.86. The minimum atomic E-state index is -0.504. The number of fused-ring (bicyclic) bond motifs is 1. The molecule has 1 saturated carbocycles. The molecule has 2 unspecified atom stereocenters. The van der Waals surface area contributed by atoms with Crippen LogP contribution in [0, 0.1) is 18.3 Å². The molecule has 6 rings (SSSR count). The van der Waals surface area contributed by atoms with E-state index in [0.29, 0.717) is 17.9 Å². The van der Waals surface area contributed by atoms with Crippen molar-refractivity contribution in [3.8, 4) is 17.1 Å². The highest BCUT2D eigenvalue weighted by Gasteiger charge is 2.64. The van der Waals surface area contributed by atoms with Crippen molar-refractivity contribution >= 4 is 22.6 Å². The van der Waals surface area contributed by atoms with E-state index < -0.39 is 5.41 Å². The second-order valence-electron chi connectivity index (χ2n) is 9.91. The molecule has 3 atom stereocenters. The van der Waals surface area contributed by atoms with Crippen molar-refractivity contribution in [3.05, 3.63) is 83.9 Å². The Balaban J connectivity index is 1.38. The van der Waals surface area contributed by atoms with Crippen molar-refractivity contribution in [3.63, 3.8) is 0 Å². The summed E-state index contributed by atoms with van der Waals surface area (Å²) in [5.41, 5.74) is 9.28. The Bertz CT molecular complexity index is 1440. The van der Waals surface area contributed by atoms with Crippen molar-refractivity contribution in [1.29, 1.82) is 0 Å². The van der Waals surface area contributed by atoms with Gasteiger partial charge < -0.3 is 15.7 Å². The van der Waals surface area contributed by atoms with Crippen LogP contribution in [-0.2, 0) is 4.79 Å². The van der Waals surface area contributed by atoms with Crippen molar-refractivity contribution in [2.75, 3.05) is 18.0 Å². The molecule has 6 heteroatoms. The molecule has 176 valence electrons. The summed E-state index contributed by atoms with van der Waals surface area (Å²) in [6, 6.07) is 23.6. The van der Waals surface area contributed by atoms with Crippen molar-refractivity contribution < 1.29 is 9.90 Å². The smallest absolute Gasteiger partial charge is 0.224 e. The predicted octanol–water partition coefficient (Wildman–Crippen LogP) is 4.80. The summed E-state index contributed by atoms with van der Waals surface area (Å²) < 4.78 is 0. The molecule has 0 radical (unpaired) electrons. The van der Waals surface area contributed by atoms with Crippen LogP contribution in [-0.4, -0.2) is 34.1 Å². The Morgan fingerprint density at radius 3 is 2.60 bits per heavy atom. The summed E-state index contributed by atoms with van der Waals surface area (Å²) in [5.74, 6) is 1.63. The van der Waals surface area contributed by atoms with E-state index in [1.807, 2.05) is 37.3 Å². The average molecular weight is 465 g/mol. The first-order valence-electron chi connectivity index (χ1n) is 12.1. The molecule has 35 heavy (non-hydrogen) atoms. The van der Waals surface area contributed by atoms with Gasteiger partial charge in [0.15, 0.2) is 5.82 Å². The van der Waals surface area contributed by atoms with Crippen molar-refractivity contribution in [2.45, 2.75) is 25.7 Å². The second kappa shape index (κ2) is 8.08. The third kappa shape index (κ3) is 3.52. The predicted molar refractivity (Wildman–Crippen MR) is 137 cm³/mol. The molecule has 1 aliphatic carbocycles. The number of phenolic OH excluding ortho intramolecular Hbond substituents is 1. The number of carbonyl (C=O) groups is 1. The van der Waals surface area contributed by atoms with Gasteiger partial charge >= 0.3 is 0 Å². The summed E-state index contributed by atoms with van der Waals surface area (Å²) >= 11 is 0. The number of amides is 1. The highest BCUT2D eigenvalue weighted by molar-refractivity contribution is 5.92. The Morgan fingerprint density at radius 1 is 1.06 bits per heavy atom. The number of para-hydroxylation sites is 1. The number of nitrogens with zero attached hydrogens (tertiary/aromatic N) is 3. The zero-order chi connectivity index (χ0) is 24.2. The van der Waals surface area contributed by atoms with Crippen LogP contribution < -0.4 is 10.6 Å². The first-order valence-corrected chi connectivity index (χ1v) is 12.1. The van der Waals surface area contributed by atoms with Gasteiger partial charge in [0.2, 0.25) is 5.91 Å². The van der Waals surface area contributed by atoms with Crippen LogP contribution >= 0.6 is 0 Å². The molecule has 1 aromatic heterocycles. The molecule has 1 amide bonds. The number of aryl methyl sites for hydroxylation is 1. The quantitative estimate of drug-likeness (QED) is 0.443. The molecule has 6 nitrogen and oxygen atoms in total. The number of aromatic hydroxyl groups is 1. The molecular formula is C29H28N4O2. The molecule has 0 spiro atoms. The normalized spacial score (nSPS) is 23.5. The first-order chi connectivity index (χ1) is 17.0. The highest BCUT2D eigenvalue weighted by Crippen LogP contribution is 2.65. The van der Waals surface area contributed by atoms with E-state index in [1.54, 1.807) is 12.1 Å². The summed E-state index contributed by atoms with van der Waals surface area (Å²) in [5, 5.41) is 11.4. The molecule has 4 aromatic rings. The van der Waals surface area contributed by atoms with Gasteiger partial charge in [-0.3, -0.25) is 4.79 Å². The van der Waals surface area contributed by atoms with Gasteiger partial charge in [0.1, 0.15) is 11.6 Å². The van der Waals surface area contributed by atoms with Crippen LogP contribution in [0.3, 0.4) is 0 Å². The van der Waals surface area contributed by atoms with Gasteiger partial charge in [-0.25, -0.2) is 9.97 Å². The molecule has 2 heterocycles. The molecule has 1 aliphatic heterocycles. The topological polar surface area (TPSA) is 92.3 Å². The summed E-state index contributed by atoms with van der Waals surface area (Å²) in [6.07, 6.45) is 1.69. The van der Waals surface area contributed by atoms with Crippen LogP contribution in [0.15, 0.2) is 72.8 Å². The number of primary amides is 1. The Kier molecular flexibility index (Phi) is 4.99. The number of hydrogen-bond acceptors (Lipinski definition) is 5. The van der Waals surface area contributed by atoms with Gasteiger partial charge in [0.05, 0.1) is 16.5 Å². The van der Waals surface area contributed by atoms with E-state index >= 15 is 0 Å². The fraction of sp³-hybridized carbons (Fsp3) is 0.276. The minimum Gasteiger partial charge on any atom is -0.507 e. The largest absolute Gasteiger partial charge is 0.507 e. The molecule has 2 aliphatic rings. The van der Waals surface area contributed by atoms with Crippen molar-refractivity contribution in [1.82, 2.24) is 9.97 Å². The van der Waals surface area contributed by atoms with Crippen LogP contribution in [0.1, 0.15) is 29.9 Å². The SMILES string of the molecule is Cc1ccc2c(N3CC[C@H](C4(C(N)=O)CC4c4ccccc4)C3)nc(-c3ccccc3O)nc2c1. The number of aromatic nitrogens is 2. The van der Waals surface area contributed by atoms with Gasteiger partial charge in [-0.15, -0.1) is 0 Å². The maximum atomic E-state index is 12.8. The molecule has 3 aromatic carbocycles. The first kappa shape index (κ1) is 21.6. The fourth-order valence-corrected chi connectivity index (χ4v) is 5.92. The van der Waals surface area contributed by atoms with Gasteiger partial charge in [0, 0.05) is 18.5 Å². The Morgan fingerprint density at radius 2 is 1.83 bits per heavy atom. The van der Waals surface area contributed by atoms with Gasteiger partial charge in [-0.1, -0.05) is 48.5 Å². The standard InChI is InChI=1S/C29H28N4O2/c1-18-11-12-21-24(15-18)31-26(22-9-5-6-10-25(22)34)32-27(21)33-14-13-20(17-33)29(28(30)35)16-23(29)19-7-3-2-4-8-19/h2-12,15,20,23,34H,13-14,16-17H2,1H3,(H2,30,35)/t20-,23?,29?/m0/s1. The summed E-state index contributed by atoms with van der Waals surface area (Å²) in [6.45, 7) is 3.55. The van der Waals surface area contributed by atoms with E-state index in [9.17, 15) is 9.90 Å². The van der Waals surface area contributed by atoms with E-state index in [2.05, 4.69) is 35.2 Å². The summed E-state index contributed by atoms with van der Waals surface area (Å²) in [7, 11) is 0. The van der Waals surface area contributed by atoms with Crippen LogP contribution in [0.2, 0.25) is 0 Å². The van der Waals surface area contributed by atoms with Crippen LogP contribution in [0.5, 0.6) is 5.75 Å². The number of benzene rings is 3. The lowest BCUT2D eigenvalue weighted by Gasteiger charge is -2.24. The number of hydrogen-bond donors (Lipinski definition) is 2. The van der Waals surface area contributed by atoms with Crippen LogP contribution in [0.4, 0.5) is 5.82 Å². The summed E-state index contributed by atoms with van der Waals surface area (Å²) in [4.78, 5) is 24.8. The number of rotatable bonds is 5. The van der Waals surface area contributed by atoms with Gasteiger partial charge in [-0.2, -0.15) is 0 Å².